The van der Waals surface area contributed by atoms with Crippen LogP contribution in [0.4, 0.5) is 0 Å². The van der Waals surface area contributed by atoms with E-state index in [0.717, 1.165) is 42.0 Å². The number of hydrogen-bond acceptors (Lipinski definition) is 1. The van der Waals surface area contributed by atoms with Crippen LogP contribution in [0, 0.1) is 23.2 Å². The van der Waals surface area contributed by atoms with Gasteiger partial charge in [0.1, 0.15) is 6.54 Å². The molecule has 31 heavy (non-hydrogen) atoms. The second-order valence-corrected chi connectivity index (χ2v) is 11.3. The predicted octanol–water partition coefficient (Wildman–Crippen LogP) is 4.02. The fourth-order valence-electron chi connectivity index (χ4n) is 7.38. The molecule has 4 rings (SSSR count). The SMILES string of the molecule is CCCCCCCCCCCC[N+](CC)(CC)NC(=O)C12CC3CC(CC(C3)C1)C2.[Br-]. The zero-order valence-corrected chi connectivity index (χ0v) is 22.5. The Balaban J connectivity index is 0.00000341. The van der Waals surface area contributed by atoms with E-state index in [1.54, 1.807) is 0 Å². The summed E-state index contributed by atoms with van der Waals surface area (Å²) in [5, 5.41) is 0. The molecule has 4 saturated carbocycles. The summed E-state index contributed by atoms with van der Waals surface area (Å²) in [5.74, 6) is 2.94. The number of rotatable bonds is 15. The zero-order chi connectivity index (χ0) is 21.5. The molecule has 4 bridgehead atoms. The van der Waals surface area contributed by atoms with Crippen molar-refractivity contribution in [1.82, 2.24) is 5.43 Å². The third-order valence-corrected chi connectivity index (χ3v) is 9.01. The van der Waals surface area contributed by atoms with Crippen LogP contribution in [0.1, 0.15) is 124 Å². The molecule has 4 fully saturated rings. The number of nitrogens with one attached hydrogen (secondary N) is 1. The molecule has 0 radical (unpaired) electrons. The number of carbonyl (C=O) groups excluding carboxylic acids is 1. The van der Waals surface area contributed by atoms with Crippen molar-refractivity contribution in [2.75, 3.05) is 19.6 Å². The van der Waals surface area contributed by atoms with Gasteiger partial charge in [-0.3, -0.25) is 4.79 Å². The van der Waals surface area contributed by atoms with Gasteiger partial charge in [-0.15, -0.1) is 0 Å². The summed E-state index contributed by atoms with van der Waals surface area (Å²) in [7, 11) is 0. The van der Waals surface area contributed by atoms with E-state index in [1.165, 1.54) is 103 Å². The van der Waals surface area contributed by atoms with Gasteiger partial charge in [-0.25, -0.2) is 10.0 Å². The normalized spacial score (nSPS) is 29.1. The molecule has 0 aliphatic heterocycles. The van der Waals surface area contributed by atoms with E-state index in [2.05, 4.69) is 26.2 Å². The van der Waals surface area contributed by atoms with Crippen molar-refractivity contribution in [2.24, 2.45) is 23.2 Å². The molecule has 0 spiro atoms. The number of amides is 1. The molecule has 0 aromatic carbocycles. The summed E-state index contributed by atoms with van der Waals surface area (Å²) < 4.78 is 0.803. The fraction of sp³-hybridized carbons (Fsp3) is 0.963. The van der Waals surface area contributed by atoms with Crippen molar-refractivity contribution in [1.29, 1.82) is 0 Å². The predicted molar refractivity (Wildman–Crippen MR) is 127 cm³/mol. The summed E-state index contributed by atoms with van der Waals surface area (Å²) in [6.45, 7) is 9.97. The first-order valence-electron chi connectivity index (χ1n) is 13.7. The van der Waals surface area contributed by atoms with Crippen LogP contribution in [0.5, 0.6) is 0 Å². The minimum absolute atomic E-state index is 0. The minimum atomic E-state index is -0.0135. The molecule has 1 amide bonds. The summed E-state index contributed by atoms with van der Waals surface area (Å²) in [6.07, 6.45) is 21.5. The number of nitrogens with zero attached hydrogens (tertiary/aromatic N) is 1. The monoisotopic (exact) mass is 498 g/mol. The largest absolute Gasteiger partial charge is 1.00 e. The van der Waals surface area contributed by atoms with Crippen LogP contribution < -0.4 is 22.4 Å². The number of halogens is 1. The van der Waals surface area contributed by atoms with Gasteiger partial charge in [0.05, 0.1) is 18.5 Å². The first-order chi connectivity index (χ1) is 14.5. The van der Waals surface area contributed by atoms with Gasteiger partial charge in [0.25, 0.3) is 5.91 Å². The summed E-state index contributed by atoms with van der Waals surface area (Å²) in [5.41, 5.74) is 3.60. The highest BCUT2D eigenvalue weighted by molar-refractivity contribution is 5.82. The molecule has 0 heterocycles. The highest BCUT2D eigenvalue weighted by Gasteiger charge is 2.55. The minimum Gasteiger partial charge on any atom is -1.00 e. The van der Waals surface area contributed by atoms with Crippen LogP contribution in [0.3, 0.4) is 0 Å². The first kappa shape index (κ1) is 27.2. The van der Waals surface area contributed by atoms with Gasteiger partial charge < -0.3 is 17.0 Å². The molecule has 182 valence electrons. The number of carbonyl (C=O) groups is 1. The average molecular weight is 500 g/mol. The standard InChI is InChI=1S/C27H50N2O.BrH/c1-4-7-8-9-10-11-12-13-14-15-16-29(5-2,6-3)28-26(30)27-20-23-17-24(21-27)19-25(18-23)22-27;/h23-25H,4-22H2,1-3H3;1H. The Labute approximate surface area is 203 Å². The highest BCUT2D eigenvalue weighted by Crippen LogP contribution is 2.60. The van der Waals surface area contributed by atoms with Gasteiger partial charge >= 0.3 is 0 Å². The number of unbranched alkanes of at least 4 members (excludes halogenated alkanes) is 9. The van der Waals surface area contributed by atoms with E-state index in [-0.39, 0.29) is 22.4 Å². The van der Waals surface area contributed by atoms with E-state index < -0.39 is 0 Å². The van der Waals surface area contributed by atoms with Crippen molar-refractivity contribution in [3.8, 4) is 0 Å². The average Bonchev–Trinajstić information content (AvgIpc) is 2.73. The van der Waals surface area contributed by atoms with Crippen LogP contribution >= 0.6 is 0 Å². The fourth-order valence-corrected chi connectivity index (χ4v) is 7.38. The molecule has 4 heteroatoms. The Bertz CT molecular complexity index is 496. The Morgan fingerprint density at radius 2 is 1.16 bits per heavy atom. The van der Waals surface area contributed by atoms with E-state index in [9.17, 15) is 4.79 Å². The Kier molecular flexibility index (Phi) is 11.4. The third kappa shape index (κ3) is 7.19. The Morgan fingerprint density at radius 1 is 0.742 bits per heavy atom. The number of quaternary nitrogens is 1. The lowest BCUT2D eigenvalue weighted by molar-refractivity contribution is -0.958. The highest BCUT2D eigenvalue weighted by atomic mass is 79.9. The van der Waals surface area contributed by atoms with Crippen LogP contribution in [0.2, 0.25) is 0 Å². The van der Waals surface area contributed by atoms with E-state index in [0.29, 0.717) is 5.91 Å². The molecule has 0 aromatic heterocycles. The topological polar surface area (TPSA) is 29.1 Å². The van der Waals surface area contributed by atoms with Gasteiger partial charge in [-0.2, -0.15) is 0 Å². The van der Waals surface area contributed by atoms with Crippen molar-refractivity contribution < 1.29 is 26.4 Å². The molecular formula is C27H51BrN2O. The van der Waals surface area contributed by atoms with Gasteiger partial charge in [-0.05, 0) is 83.0 Å². The van der Waals surface area contributed by atoms with Crippen molar-refractivity contribution in [2.45, 2.75) is 124 Å². The van der Waals surface area contributed by atoms with Gasteiger partial charge in [0, 0.05) is 0 Å². The smallest absolute Gasteiger partial charge is 0.271 e. The maximum absolute atomic E-state index is 13.6. The van der Waals surface area contributed by atoms with Gasteiger partial charge in [0.2, 0.25) is 0 Å². The lowest BCUT2D eigenvalue weighted by atomic mass is 9.49. The molecule has 3 nitrogen and oxygen atoms in total. The molecule has 0 atom stereocenters. The molecule has 0 saturated heterocycles. The summed E-state index contributed by atoms with van der Waals surface area (Å²) >= 11 is 0. The van der Waals surface area contributed by atoms with E-state index in [4.69, 9.17) is 0 Å². The summed E-state index contributed by atoms with van der Waals surface area (Å²) in [6, 6.07) is 0. The molecule has 1 N–H and O–H groups in total. The number of hydrogen-bond donors (Lipinski definition) is 1. The van der Waals surface area contributed by atoms with E-state index in [1.807, 2.05) is 0 Å². The van der Waals surface area contributed by atoms with Crippen LogP contribution in [0.15, 0.2) is 0 Å². The lowest BCUT2D eigenvalue weighted by Crippen LogP contribution is -3.00. The summed E-state index contributed by atoms with van der Waals surface area (Å²) in [4.78, 5) is 13.6. The molecule has 0 unspecified atom stereocenters. The Morgan fingerprint density at radius 3 is 1.58 bits per heavy atom. The van der Waals surface area contributed by atoms with Gasteiger partial charge in [0.15, 0.2) is 0 Å². The van der Waals surface area contributed by atoms with Crippen LogP contribution in [0.25, 0.3) is 0 Å². The third-order valence-electron chi connectivity index (χ3n) is 9.01. The first-order valence-corrected chi connectivity index (χ1v) is 13.7. The second-order valence-electron chi connectivity index (χ2n) is 11.3. The molecular weight excluding hydrogens is 448 g/mol. The molecule has 0 aromatic rings. The van der Waals surface area contributed by atoms with Crippen LogP contribution in [-0.4, -0.2) is 30.1 Å². The van der Waals surface area contributed by atoms with Crippen molar-refractivity contribution >= 4 is 5.91 Å². The lowest BCUT2D eigenvalue weighted by Gasteiger charge is -2.56. The maximum Gasteiger partial charge on any atom is 0.271 e. The zero-order valence-electron chi connectivity index (χ0n) is 20.9. The maximum atomic E-state index is 13.6. The van der Waals surface area contributed by atoms with Crippen molar-refractivity contribution in [3.05, 3.63) is 0 Å². The van der Waals surface area contributed by atoms with Crippen LogP contribution in [-0.2, 0) is 4.79 Å². The molecule has 4 aliphatic carbocycles. The molecule has 4 aliphatic rings. The second kappa shape index (κ2) is 13.0. The van der Waals surface area contributed by atoms with E-state index >= 15 is 0 Å². The van der Waals surface area contributed by atoms with Crippen molar-refractivity contribution in [3.63, 3.8) is 0 Å². The Hall–Kier alpha value is -0.0900. The quantitative estimate of drug-likeness (QED) is 0.206. The van der Waals surface area contributed by atoms with Gasteiger partial charge in [-0.1, -0.05) is 58.3 Å².